The number of sulfonamides is 1. The second-order valence-corrected chi connectivity index (χ2v) is 8.45. The molecule has 0 aliphatic carbocycles. The molecule has 1 amide bonds. The molecule has 0 aromatic carbocycles. The van der Waals surface area contributed by atoms with Crippen LogP contribution in [0.15, 0.2) is 22.5 Å². The van der Waals surface area contributed by atoms with Crippen LogP contribution in [-0.4, -0.2) is 36.9 Å². The lowest BCUT2D eigenvalue weighted by molar-refractivity contribution is 0.216. The maximum atomic E-state index is 12.5. The van der Waals surface area contributed by atoms with Gasteiger partial charge < -0.3 is 4.74 Å². The van der Waals surface area contributed by atoms with Crippen LogP contribution in [0.2, 0.25) is 0 Å². The van der Waals surface area contributed by atoms with Crippen molar-refractivity contribution in [1.82, 2.24) is 9.29 Å². The highest BCUT2D eigenvalue weighted by atomic mass is 32.2. The van der Waals surface area contributed by atoms with Crippen molar-refractivity contribution in [2.24, 2.45) is 0 Å². The Morgan fingerprint density at radius 1 is 1.39 bits per heavy atom. The summed E-state index contributed by atoms with van der Waals surface area (Å²) in [5.74, 6) is 0. The fourth-order valence-corrected chi connectivity index (χ4v) is 5.30. The number of nitrogens with zero attached hydrogens (tertiary/aromatic N) is 2. The average Bonchev–Trinajstić information content (AvgIpc) is 3.09. The molecule has 0 bridgehead atoms. The van der Waals surface area contributed by atoms with E-state index in [0.29, 0.717) is 23.1 Å². The zero-order valence-electron chi connectivity index (χ0n) is 12.9. The zero-order chi connectivity index (χ0) is 17.0. The largest absolute Gasteiger partial charge is 0.419 e. The van der Waals surface area contributed by atoms with Gasteiger partial charge in [-0.25, -0.2) is 18.2 Å². The second-order valence-electron chi connectivity index (χ2n) is 4.43. The molecule has 1 N–H and O–H groups in total. The maximum absolute atomic E-state index is 12.5. The molecular formula is C13H17N3O4S3. The minimum Gasteiger partial charge on any atom is -0.399 e. The summed E-state index contributed by atoms with van der Waals surface area (Å²) >= 11 is 2.38. The Morgan fingerprint density at radius 2 is 2.09 bits per heavy atom. The Kier molecular flexibility index (Phi) is 5.74. The molecule has 0 aliphatic rings. The van der Waals surface area contributed by atoms with Crippen molar-refractivity contribution in [3.63, 3.8) is 0 Å². The van der Waals surface area contributed by atoms with Gasteiger partial charge in [0.25, 0.3) is 0 Å². The molecule has 0 radical (unpaired) electrons. The van der Waals surface area contributed by atoms with Crippen LogP contribution in [0.3, 0.4) is 0 Å². The second kappa shape index (κ2) is 7.39. The molecule has 0 aliphatic heterocycles. The average molecular weight is 375 g/mol. The third-order valence-electron chi connectivity index (χ3n) is 3.01. The first-order valence-corrected chi connectivity index (χ1v) is 10.0. The molecule has 0 saturated heterocycles. The van der Waals surface area contributed by atoms with E-state index >= 15 is 0 Å². The highest BCUT2D eigenvalue weighted by Crippen LogP contribution is 2.33. The van der Waals surface area contributed by atoms with Crippen LogP contribution < -0.4 is 10.1 Å². The number of rotatable bonds is 6. The van der Waals surface area contributed by atoms with Gasteiger partial charge >= 0.3 is 6.09 Å². The quantitative estimate of drug-likeness (QED) is 0.838. The van der Waals surface area contributed by atoms with Crippen LogP contribution in [0.25, 0.3) is 0 Å². The van der Waals surface area contributed by atoms with E-state index in [2.05, 4.69) is 10.3 Å². The number of thiazole rings is 1. The molecule has 2 rings (SSSR count). The van der Waals surface area contributed by atoms with Gasteiger partial charge in [0.15, 0.2) is 10.2 Å². The van der Waals surface area contributed by atoms with E-state index < -0.39 is 16.1 Å². The van der Waals surface area contributed by atoms with E-state index in [1.807, 2.05) is 0 Å². The number of hydrogen-bond donors (Lipinski definition) is 1. The highest BCUT2D eigenvalue weighted by Gasteiger charge is 2.26. The molecule has 0 atom stereocenters. The summed E-state index contributed by atoms with van der Waals surface area (Å²) in [6, 6.07) is 1.38. The number of hydrogen-bond acceptors (Lipinski definition) is 7. The van der Waals surface area contributed by atoms with Gasteiger partial charge in [0.1, 0.15) is 0 Å². The number of thiophene rings is 1. The van der Waals surface area contributed by atoms with Crippen LogP contribution in [-0.2, 0) is 10.0 Å². The van der Waals surface area contributed by atoms with Crippen molar-refractivity contribution in [2.45, 2.75) is 25.7 Å². The van der Waals surface area contributed by atoms with Gasteiger partial charge in [-0.3, -0.25) is 5.32 Å². The maximum Gasteiger partial charge on any atom is 0.419 e. The standard InChI is InChI=1S/C13H17N3O4S3/c1-4-16(5-2)23(18,19)10-8-11(22-9(10)3)20-13(17)15-12-14-6-7-21-12/h6-8H,4-5H2,1-3H3,(H,14,15,17). The van der Waals surface area contributed by atoms with Crippen molar-refractivity contribution in [1.29, 1.82) is 0 Å². The lowest BCUT2D eigenvalue weighted by Crippen LogP contribution is -2.30. The van der Waals surface area contributed by atoms with Crippen molar-refractivity contribution in [3.8, 4) is 5.06 Å². The smallest absolute Gasteiger partial charge is 0.399 e. The van der Waals surface area contributed by atoms with Crippen molar-refractivity contribution in [2.75, 3.05) is 18.4 Å². The normalized spacial score (nSPS) is 11.7. The summed E-state index contributed by atoms with van der Waals surface area (Å²) < 4.78 is 31.6. The summed E-state index contributed by atoms with van der Waals surface area (Å²) in [5, 5.41) is 4.84. The molecule has 0 spiro atoms. The molecule has 0 fully saturated rings. The molecular weight excluding hydrogens is 358 g/mol. The number of carbonyl (C=O) groups excluding carboxylic acids is 1. The first kappa shape index (κ1) is 17.9. The molecule has 126 valence electrons. The summed E-state index contributed by atoms with van der Waals surface area (Å²) in [6.45, 7) is 6.01. The van der Waals surface area contributed by atoms with Gasteiger partial charge in [-0.15, -0.1) is 22.7 Å². The lowest BCUT2D eigenvalue weighted by Gasteiger charge is -2.17. The third kappa shape index (κ3) is 4.08. The Bertz CT molecular complexity index is 764. The number of aryl methyl sites for hydroxylation is 1. The number of ether oxygens (including phenoxy) is 1. The van der Waals surface area contributed by atoms with Gasteiger partial charge in [0.2, 0.25) is 10.0 Å². The van der Waals surface area contributed by atoms with E-state index in [0.717, 1.165) is 11.3 Å². The summed E-state index contributed by atoms with van der Waals surface area (Å²) in [7, 11) is -3.58. The van der Waals surface area contributed by atoms with E-state index in [1.54, 1.807) is 32.3 Å². The van der Waals surface area contributed by atoms with E-state index in [-0.39, 0.29) is 9.96 Å². The molecule has 2 heterocycles. The van der Waals surface area contributed by atoms with Crippen molar-refractivity contribution < 1.29 is 17.9 Å². The van der Waals surface area contributed by atoms with Crippen LogP contribution in [0.5, 0.6) is 5.06 Å². The fourth-order valence-electron chi connectivity index (χ4n) is 1.94. The van der Waals surface area contributed by atoms with Gasteiger partial charge in [-0.1, -0.05) is 13.8 Å². The third-order valence-corrected chi connectivity index (χ3v) is 6.93. The monoisotopic (exact) mass is 375 g/mol. The van der Waals surface area contributed by atoms with E-state index in [4.69, 9.17) is 4.74 Å². The molecule has 23 heavy (non-hydrogen) atoms. The number of anilines is 1. The van der Waals surface area contributed by atoms with Crippen molar-refractivity contribution >= 4 is 43.9 Å². The number of carbonyl (C=O) groups is 1. The minimum atomic E-state index is -3.58. The van der Waals surface area contributed by atoms with Crippen LogP contribution >= 0.6 is 22.7 Å². The molecule has 7 nitrogen and oxygen atoms in total. The predicted octanol–water partition coefficient (Wildman–Crippen LogP) is 3.15. The van der Waals surface area contributed by atoms with Crippen LogP contribution in [0.1, 0.15) is 18.7 Å². The van der Waals surface area contributed by atoms with Gasteiger partial charge in [0, 0.05) is 35.6 Å². The first-order valence-electron chi connectivity index (χ1n) is 6.87. The van der Waals surface area contributed by atoms with Gasteiger partial charge in [0.05, 0.1) is 4.90 Å². The highest BCUT2D eigenvalue weighted by molar-refractivity contribution is 7.89. The fraction of sp³-hybridized carbons (Fsp3) is 0.385. The van der Waals surface area contributed by atoms with Gasteiger partial charge in [-0.05, 0) is 6.92 Å². The SMILES string of the molecule is CCN(CC)S(=O)(=O)c1cc(OC(=O)Nc2nccs2)sc1C. The van der Waals surface area contributed by atoms with Crippen molar-refractivity contribution in [3.05, 3.63) is 22.5 Å². The Balaban J connectivity index is 2.16. The topological polar surface area (TPSA) is 88.6 Å². The first-order chi connectivity index (χ1) is 10.9. The van der Waals surface area contributed by atoms with Gasteiger partial charge in [-0.2, -0.15) is 4.31 Å². The Hall–Kier alpha value is -1.49. The number of aromatic nitrogens is 1. The summed E-state index contributed by atoms with van der Waals surface area (Å²) in [6.07, 6.45) is 0.859. The Labute approximate surface area is 143 Å². The molecule has 2 aromatic rings. The number of amides is 1. The molecule has 0 unspecified atom stereocenters. The summed E-state index contributed by atoms with van der Waals surface area (Å²) in [5.41, 5.74) is 0. The Morgan fingerprint density at radius 3 is 2.65 bits per heavy atom. The number of nitrogens with one attached hydrogen (secondary N) is 1. The van der Waals surface area contributed by atoms with E-state index in [1.165, 1.54) is 21.7 Å². The molecule has 0 saturated carbocycles. The van der Waals surface area contributed by atoms with Crippen LogP contribution in [0, 0.1) is 6.92 Å². The molecule has 2 aromatic heterocycles. The van der Waals surface area contributed by atoms with Crippen LogP contribution in [0.4, 0.5) is 9.93 Å². The summed E-state index contributed by atoms with van der Waals surface area (Å²) in [4.78, 5) is 16.4. The minimum absolute atomic E-state index is 0.170. The van der Waals surface area contributed by atoms with E-state index in [9.17, 15) is 13.2 Å². The zero-order valence-corrected chi connectivity index (χ0v) is 15.3. The predicted molar refractivity (Wildman–Crippen MR) is 90.9 cm³/mol. The molecule has 10 heteroatoms. The lowest BCUT2D eigenvalue weighted by atomic mass is 10.5.